The minimum atomic E-state index is -0.349. The normalized spacial score (nSPS) is 23.8. The quantitative estimate of drug-likeness (QED) is 0.609. The number of nitrogens with zero attached hydrogens (tertiary/aromatic N) is 2. The van der Waals surface area contributed by atoms with E-state index in [2.05, 4.69) is 20.5 Å². The number of aromatic nitrogens is 3. The Morgan fingerprint density at radius 3 is 3.18 bits per heavy atom. The zero-order valence-electron chi connectivity index (χ0n) is 9.56. The Labute approximate surface area is 99.1 Å². The van der Waals surface area contributed by atoms with Gasteiger partial charge >= 0.3 is 0 Å². The molecule has 1 amide bonds. The number of hydrogen-bond donors (Lipinski definition) is 3. The van der Waals surface area contributed by atoms with Gasteiger partial charge in [-0.25, -0.2) is 4.98 Å². The molecule has 2 atom stereocenters. The zero-order valence-corrected chi connectivity index (χ0v) is 9.56. The van der Waals surface area contributed by atoms with Crippen LogP contribution >= 0.6 is 0 Å². The van der Waals surface area contributed by atoms with Gasteiger partial charge in [0.25, 0.3) is 0 Å². The fraction of sp³-hybridized carbons (Fsp3) is 0.700. The number of nitrogens with two attached hydrogens (primary N) is 1. The van der Waals surface area contributed by atoms with Crippen molar-refractivity contribution in [2.24, 2.45) is 5.73 Å². The molecule has 2 heterocycles. The van der Waals surface area contributed by atoms with E-state index in [1.807, 2.05) is 0 Å². The number of carbonyl (C=O) groups is 1. The van der Waals surface area contributed by atoms with Crippen molar-refractivity contribution in [3.8, 4) is 0 Å². The maximum Gasteiger partial charge on any atom is 0.249 e. The lowest BCUT2D eigenvalue weighted by Crippen LogP contribution is -2.36. The highest BCUT2D eigenvalue weighted by Gasteiger charge is 2.29. The van der Waals surface area contributed by atoms with E-state index in [1.165, 1.54) is 6.33 Å². The molecule has 2 unspecified atom stereocenters. The first-order chi connectivity index (χ1) is 8.29. The number of H-pyrrole nitrogens is 1. The van der Waals surface area contributed by atoms with Crippen LogP contribution in [0.3, 0.4) is 0 Å². The Bertz CT molecular complexity index is 354. The van der Waals surface area contributed by atoms with Gasteiger partial charge in [0.05, 0.1) is 6.10 Å². The molecule has 1 fully saturated rings. The Morgan fingerprint density at radius 1 is 1.65 bits per heavy atom. The standard InChI is InChI=1S/C10H17N5O2/c11-5-7-1-2-8(17-7)10(16)12-4-3-9-13-6-14-15-9/h6-8H,1-5,11H2,(H,12,16)(H,13,14,15). The molecule has 0 saturated carbocycles. The minimum Gasteiger partial charge on any atom is -0.364 e. The minimum absolute atomic E-state index is 0.0278. The predicted octanol–water partition coefficient (Wildman–Crippen LogP) is -1.03. The van der Waals surface area contributed by atoms with E-state index in [-0.39, 0.29) is 18.1 Å². The molecular formula is C10H17N5O2. The van der Waals surface area contributed by atoms with Gasteiger partial charge in [-0.15, -0.1) is 0 Å². The molecule has 0 aromatic carbocycles. The van der Waals surface area contributed by atoms with Crippen molar-refractivity contribution in [2.45, 2.75) is 31.5 Å². The summed E-state index contributed by atoms with van der Waals surface area (Å²) in [6, 6.07) is 0. The molecule has 0 aliphatic carbocycles. The summed E-state index contributed by atoms with van der Waals surface area (Å²) in [5, 5.41) is 9.28. The number of ether oxygens (including phenoxy) is 1. The van der Waals surface area contributed by atoms with Gasteiger partial charge < -0.3 is 15.8 Å². The van der Waals surface area contributed by atoms with Gasteiger partial charge in [-0.2, -0.15) is 5.10 Å². The summed E-state index contributed by atoms with van der Waals surface area (Å²) >= 11 is 0. The molecule has 4 N–H and O–H groups in total. The van der Waals surface area contributed by atoms with Gasteiger partial charge in [0.1, 0.15) is 18.3 Å². The molecule has 1 aliphatic heterocycles. The van der Waals surface area contributed by atoms with Crippen LogP contribution in [0.25, 0.3) is 0 Å². The highest BCUT2D eigenvalue weighted by molar-refractivity contribution is 5.81. The Hall–Kier alpha value is -1.47. The largest absolute Gasteiger partial charge is 0.364 e. The van der Waals surface area contributed by atoms with Crippen LogP contribution in [0.1, 0.15) is 18.7 Å². The summed E-state index contributed by atoms with van der Waals surface area (Å²) in [4.78, 5) is 15.7. The van der Waals surface area contributed by atoms with Gasteiger partial charge in [-0.3, -0.25) is 9.89 Å². The molecule has 17 heavy (non-hydrogen) atoms. The van der Waals surface area contributed by atoms with Crippen LogP contribution in [0.4, 0.5) is 0 Å². The van der Waals surface area contributed by atoms with Crippen molar-refractivity contribution in [1.82, 2.24) is 20.5 Å². The molecular weight excluding hydrogens is 222 g/mol. The third-order valence-electron chi connectivity index (χ3n) is 2.79. The van der Waals surface area contributed by atoms with Gasteiger partial charge in [0, 0.05) is 19.5 Å². The summed E-state index contributed by atoms with van der Waals surface area (Å²) in [5.74, 6) is 0.693. The second-order valence-corrected chi connectivity index (χ2v) is 4.03. The molecule has 7 nitrogen and oxygen atoms in total. The molecule has 94 valence electrons. The highest BCUT2D eigenvalue weighted by Crippen LogP contribution is 2.18. The van der Waals surface area contributed by atoms with Crippen LogP contribution in [0.15, 0.2) is 6.33 Å². The van der Waals surface area contributed by atoms with E-state index in [1.54, 1.807) is 0 Å². The molecule has 0 bridgehead atoms. The fourth-order valence-corrected chi connectivity index (χ4v) is 1.84. The van der Waals surface area contributed by atoms with E-state index in [4.69, 9.17) is 10.5 Å². The third-order valence-corrected chi connectivity index (χ3v) is 2.79. The van der Waals surface area contributed by atoms with Crippen molar-refractivity contribution in [3.05, 3.63) is 12.2 Å². The van der Waals surface area contributed by atoms with Crippen LogP contribution in [0.2, 0.25) is 0 Å². The number of rotatable bonds is 5. The average molecular weight is 239 g/mol. The first-order valence-corrected chi connectivity index (χ1v) is 5.77. The number of nitrogens with one attached hydrogen (secondary N) is 2. The molecule has 0 spiro atoms. The molecule has 0 radical (unpaired) electrons. The third kappa shape index (κ3) is 3.24. The van der Waals surface area contributed by atoms with Crippen molar-refractivity contribution in [1.29, 1.82) is 0 Å². The summed E-state index contributed by atoms with van der Waals surface area (Å²) in [7, 11) is 0. The molecule has 1 aromatic rings. The Balaban J connectivity index is 1.67. The van der Waals surface area contributed by atoms with Crippen LogP contribution in [0.5, 0.6) is 0 Å². The number of carbonyl (C=O) groups excluding carboxylic acids is 1. The van der Waals surface area contributed by atoms with Gasteiger partial charge in [-0.05, 0) is 12.8 Å². The maximum absolute atomic E-state index is 11.7. The molecule has 1 aliphatic rings. The van der Waals surface area contributed by atoms with Gasteiger partial charge in [0.15, 0.2) is 0 Å². The molecule has 2 rings (SSSR count). The molecule has 7 heteroatoms. The van der Waals surface area contributed by atoms with Gasteiger partial charge in [-0.1, -0.05) is 0 Å². The fourth-order valence-electron chi connectivity index (χ4n) is 1.84. The van der Waals surface area contributed by atoms with E-state index in [9.17, 15) is 4.79 Å². The second kappa shape index (κ2) is 5.74. The lowest BCUT2D eigenvalue weighted by Gasteiger charge is -2.12. The second-order valence-electron chi connectivity index (χ2n) is 4.03. The summed E-state index contributed by atoms with van der Waals surface area (Å²) in [5.41, 5.74) is 5.48. The first-order valence-electron chi connectivity index (χ1n) is 5.77. The smallest absolute Gasteiger partial charge is 0.249 e. The summed E-state index contributed by atoms with van der Waals surface area (Å²) < 4.78 is 5.49. The number of amides is 1. The highest BCUT2D eigenvalue weighted by atomic mass is 16.5. The van der Waals surface area contributed by atoms with Crippen molar-refractivity contribution in [2.75, 3.05) is 13.1 Å². The monoisotopic (exact) mass is 239 g/mol. The zero-order chi connectivity index (χ0) is 12.1. The summed E-state index contributed by atoms with van der Waals surface area (Å²) in [6.07, 6.45) is 3.37. The van der Waals surface area contributed by atoms with Crippen molar-refractivity contribution in [3.63, 3.8) is 0 Å². The van der Waals surface area contributed by atoms with E-state index >= 15 is 0 Å². The van der Waals surface area contributed by atoms with E-state index in [0.717, 1.165) is 18.7 Å². The Kier molecular flexibility index (Phi) is 4.05. The lowest BCUT2D eigenvalue weighted by atomic mass is 10.2. The summed E-state index contributed by atoms with van der Waals surface area (Å²) in [6.45, 7) is 1.00. The van der Waals surface area contributed by atoms with Crippen LogP contribution in [-0.4, -0.2) is 46.4 Å². The molecule has 1 saturated heterocycles. The predicted molar refractivity (Wildman–Crippen MR) is 60.0 cm³/mol. The van der Waals surface area contributed by atoms with Crippen LogP contribution < -0.4 is 11.1 Å². The molecule has 1 aromatic heterocycles. The van der Waals surface area contributed by atoms with Crippen molar-refractivity contribution >= 4 is 5.91 Å². The average Bonchev–Trinajstić information content (AvgIpc) is 2.99. The van der Waals surface area contributed by atoms with Crippen LogP contribution in [-0.2, 0) is 16.0 Å². The van der Waals surface area contributed by atoms with Crippen LogP contribution in [0, 0.1) is 0 Å². The van der Waals surface area contributed by atoms with E-state index < -0.39 is 0 Å². The van der Waals surface area contributed by atoms with E-state index in [0.29, 0.717) is 19.5 Å². The SMILES string of the molecule is NCC1CCC(C(=O)NCCc2ncn[nH]2)O1. The maximum atomic E-state index is 11.7. The number of hydrogen-bond acceptors (Lipinski definition) is 5. The first kappa shape index (κ1) is 12.0. The Morgan fingerprint density at radius 2 is 2.53 bits per heavy atom. The van der Waals surface area contributed by atoms with Gasteiger partial charge in [0.2, 0.25) is 5.91 Å². The van der Waals surface area contributed by atoms with Crippen molar-refractivity contribution < 1.29 is 9.53 Å². The lowest BCUT2D eigenvalue weighted by molar-refractivity contribution is -0.131. The number of aromatic amines is 1. The topological polar surface area (TPSA) is 106 Å².